The monoisotopic (exact) mass is 102 g/mol. The van der Waals surface area contributed by atoms with Crippen LogP contribution in [0.1, 0.15) is 6.92 Å². The van der Waals surface area contributed by atoms with Gasteiger partial charge in [0, 0.05) is 0 Å². The van der Waals surface area contributed by atoms with E-state index >= 15 is 0 Å². The molecule has 0 aromatic carbocycles. The molecule has 0 radical (unpaired) electrons. The zero-order valence-corrected chi connectivity index (χ0v) is 4.33. The summed E-state index contributed by atoms with van der Waals surface area (Å²) in [5.41, 5.74) is 0. The lowest BCUT2D eigenvalue weighted by atomic mass is 10.2. The van der Waals surface area contributed by atoms with E-state index in [2.05, 4.69) is 6.58 Å². The third kappa shape index (κ3) is 2.37. The Labute approximate surface area is 43.1 Å². The summed E-state index contributed by atoms with van der Waals surface area (Å²) in [4.78, 5) is 0. The van der Waals surface area contributed by atoms with Crippen molar-refractivity contribution in [3.8, 4) is 0 Å². The molecule has 2 heteroatoms. The van der Waals surface area contributed by atoms with Crippen molar-refractivity contribution in [3.63, 3.8) is 0 Å². The standard InChI is InChI=1S/C5H10O2/c1-3-5(7)4(2)6/h3-7H,1H2,2H3/t4-,5-/m0/s1. The van der Waals surface area contributed by atoms with Gasteiger partial charge in [-0.05, 0) is 6.92 Å². The van der Waals surface area contributed by atoms with E-state index in [1.807, 2.05) is 0 Å². The molecule has 0 aromatic rings. The Morgan fingerprint density at radius 3 is 2.00 bits per heavy atom. The largest absolute Gasteiger partial charge is 0.390 e. The van der Waals surface area contributed by atoms with E-state index in [1.54, 1.807) is 0 Å². The molecule has 2 N–H and O–H groups in total. The molecule has 0 unspecified atom stereocenters. The highest BCUT2D eigenvalue weighted by Gasteiger charge is 2.02. The van der Waals surface area contributed by atoms with Gasteiger partial charge in [0.15, 0.2) is 0 Å². The van der Waals surface area contributed by atoms with Crippen LogP contribution in [-0.4, -0.2) is 22.4 Å². The van der Waals surface area contributed by atoms with Gasteiger partial charge in [-0.2, -0.15) is 0 Å². The minimum absolute atomic E-state index is 0.697. The molecule has 0 aliphatic heterocycles. The highest BCUT2D eigenvalue weighted by Crippen LogP contribution is 1.89. The average molecular weight is 102 g/mol. The maximum atomic E-state index is 8.57. The van der Waals surface area contributed by atoms with Crippen LogP contribution in [0, 0.1) is 0 Å². The molecule has 0 fully saturated rings. The molecule has 2 atom stereocenters. The minimum atomic E-state index is -0.778. The predicted molar refractivity (Wildman–Crippen MR) is 27.9 cm³/mol. The van der Waals surface area contributed by atoms with Crippen molar-refractivity contribution in [2.45, 2.75) is 19.1 Å². The molecule has 2 nitrogen and oxygen atoms in total. The Morgan fingerprint density at radius 1 is 1.57 bits per heavy atom. The lowest BCUT2D eigenvalue weighted by molar-refractivity contribution is 0.0621. The smallest absolute Gasteiger partial charge is 0.0974 e. The van der Waals surface area contributed by atoms with Gasteiger partial charge in [-0.15, -0.1) is 6.58 Å². The summed E-state index contributed by atoms with van der Waals surface area (Å²) in [6.07, 6.45) is -0.178. The first-order valence-corrected chi connectivity index (χ1v) is 2.17. The Hall–Kier alpha value is -0.340. The van der Waals surface area contributed by atoms with Crippen LogP contribution >= 0.6 is 0 Å². The van der Waals surface area contributed by atoms with Crippen molar-refractivity contribution >= 4 is 0 Å². The Kier molecular flexibility index (Phi) is 2.64. The van der Waals surface area contributed by atoms with E-state index in [4.69, 9.17) is 10.2 Å². The molecule has 0 saturated heterocycles. The van der Waals surface area contributed by atoms with Crippen LogP contribution < -0.4 is 0 Å². The second kappa shape index (κ2) is 2.77. The second-order valence-electron chi connectivity index (χ2n) is 1.47. The van der Waals surface area contributed by atoms with E-state index in [0.717, 1.165) is 0 Å². The van der Waals surface area contributed by atoms with Gasteiger partial charge in [0.25, 0.3) is 0 Å². The fourth-order valence-electron chi connectivity index (χ4n) is 0.197. The van der Waals surface area contributed by atoms with E-state index in [9.17, 15) is 0 Å². The fraction of sp³-hybridized carbons (Fsp3) is 0.600. The Bertz CT molecular complexity index is 59.1. The molecule has 0 aliphatic rings. The van der Waals surface area contributed by atoms with Crippen LogP contribution in [0.3, 0.4) is 0 Å². The number of aliphatic hydroxyl groups is 2. The first kappa shape index (κ1) is 6.66. The van der Waals surface area contributed by atoms with Gasteiger partial charge in [0.1, 0.15) is 0 Å². The van der Waals surface area contributed by atoms with Gasteiger partial charge in [-0.3, -0.25) is 0 Å². The molecule has 7 heavy (non-hydrogen) atoms. The van der Waals surface area contributed by atoms with Crippen molar-refractivity contribution in [2.24, 2.45) is 0 Å². The van der Waals surface area contributed by atoms with Crippen LogP contribution in [0.2, 0.25) is 0 Å². The molecule has 0 bridgehead atoms. The molecular weight excluding hydrogens is 92.1 g/mol. The van der Waals surface area contributed by atoms with E-state index in [0.29, 0.717) is 0 Å². The summed E-state index contributed by atoms with van der Waals surface area (Å²) < 4.78 is 0. The van der Waals surface area contributed by atoms with Crippen molar-refractivity contribution in [1.29, 1.82) is 0 Å². The summed E-state index contributed by atoms with van der Waals surface area (Å²) in [6.45, 7) is 4.78. The summed E-state index contributed by atoms with van der Waals surface area (Å²) in [7, 11) is 0. The molecule has 0 aliphatic carbocycles. The Morgan fingerprint density at radius 2 is 2.00 bits per heavy atom. The zero-order valence-electron chi connectivity index (χ0n) is 4.33. The van der Waals surface area contributed by atoms with Gasteiger partial charge in [0.2, 0.25) is 0 Å². The summed E-state index contributed by atoms with van der Waals surface area (Å²) in [5, 5.41) is 17.1. The van der Waals surface area contributed by atoms with Crippen molar-refractivity contribution < 1.29 is 10.2 Å². The fourth-order valence-corrected chi connectivity index (χ4v) is 0.197. The van der Waals surface area contributed by atoms with Crippen molar-refractivity contribution in [3.05, 3.63) is 12.7 Å². The molecule has 0 aromatic heterocycles. The van der Waals surface area contributed by atoms with E-state index in [1.165, 1.54) is 13.0 Å². The van der Waals surface area contributed by atoms with E-state index in [-0.39, 0.29) is 0 Å². The molecular formula is C5H10O2. The minimum Gasteiger partial charge on any atom is -0.390 e. The van der Waals surface area contributed by atoms with Crippen LogP contribution in [0.5, 0.6) is 0 Å². The number of aliphatic hydroxyl groups excluding tert-OH is 2. The summed E-state index contributed by atoms with van der Waals surface area (Å²) in [5.74, 6) is 0. The zero-order chi connectivity index (χ0) is 5.86. The first-order valence-electron chi connectivity index (χ1n) is 2.17. The quantitative estimate of drug-likeness (QED) is 0.478. The summed E-state index contributed by atoms with van der Waals surface area (Å²) >= 11 is 0. The SMILES string of the molecule is C=C[C@H](O)[C@H](C)O. The predicted octanol–water partition coefficient (Wildman–Crippen LogP) is -0.0859. The maximum Gasteiger partial charge on any atom is 0.0974 e. The normalized spacial score (nSPS) is 18.1. The molecule has 0 amide bonds. The average Bonchev–Trinajstić information content (AvgIpc) is 1.65. The third-order valence-electron chi connectivity index (χ3n) is 0.736. The van der Waals surface area contributed by atoms with Crippen molar-refractivity contribution in [1.82, 2.24) is 0 Å². The molecule has 0 rings (SSSR count). The van der Waals surface area contributed by atoms with Gasteiger partial charge in [-0.25, -0.2) is 0 Å². The molecule has 0 heterocycles. The summed E-state index contributed by atoms with van der Waals surface area (Å²) in [6, 6.07) is 0. The molecule has 0 saturated carbocycles. The first-order chi connectivity index (χ1) is 3.18. The van der Waals surface area contributed by atoms with Crippen molar-refractivity contribution in [2.75, 3.05) is 0 Å². The van der Waals surface area contributed by atoms with Gasteiger partial charge in [0.05, 0.1) is 12.2 Å². The van der Waals surface area contributed by atoms with Crippen LogP contribution in [0.15, 0.2) is 12.7 Å². The van der Waals surface area contributed by atoms with Crippen LogP contribution in [0.4, 0.5) is 0 Å². The lowest BCUT2D eigenvalue weighted by Crippen LogP contribution is -2.18. The molecule has 42 valence electrons. The van der Waals surface area contributed by atoms with Crippen LogP contribution in [-0.2, 0) is 0 Å². The van der Waals surface area contributed by atoms with Gasteiger partial charge in [-0.1, -0.05) is 6.08 Å². The van der Waals surface area contributed by atoms with E-state index < -0.39 is 12.2 Å². The van der Waals surface area contributed by atoms with Gasteiger partial charge >= 0.3 is 0 Å². The van der Waals surface area contributed by atoms with Crippen LogP contribution in [0.25, 0.3) is 0 Å². The maximum absolute atomic E-state index is 8.57. The third-order valence-corrected chi connectivity index (χ3v) is 0.736. The number of hydrogen-bond acceptors (Lipinski definition) is 2. The lowest BCUT2D eigenvalue weighted by Gasteiger charge is -2.05. The Balaban J connectivity index is 3.33. The molecule has 0 spiro atoms. The highest BCUT2D eigenvalue weighted by molar-refractivity contribution is 4.81. The highest BCUT2D eigenvalue weighted by atomic mass is 16.3. The number of hydrogen-bond donors (Lipinski definition) is 2. The second-order valence-corrected chi connectivity index (χ2v) is 1.47. The number of rotatable bonds is 2. The topological polar surface area (TPSA) is 40.5 Å². The van der Waals surface area contributed by atoms with Gasteiger partial charge < -0.3 is 10.2 Å².